The average Bonchev–Trinajstić information content (AvgIpc) is 3.05. The van der Waals surface area contributed by atoms with E-state index in [0.717, 1.165) is 10.0 Å². The molecule has 26 heavy (non-hydrogen) atoms. The maximum absolute atomic E-state index is 12.4. The monoisotopic (exact) mass is 417 g/mol. The first-order valence-electron chi connectivity index (χ1n) is 8.07. The summed E-state index contributed by atoms with van der Waals surface area (Å²) in [4.78, 5) is 36.5. The first kappa shape index (κ1) is 18.1. The number of carbonyl (C=O) groups excluding carboxylic acids is 2. The van der Waals surface area contributed by atoms with Gasteiger partial charge in [0, 0.05) is 47.4 Å². The molecule has 0 aliphatic carbocycles. The van der Waals surface area contributed by atoms with Crippen LogP contribution >= 0.6 is 15.9 Å². The predicted molar refractivity (Wildman–Crippen MR) is 100 cm³/mol. The summed E-state index contributed by atoms with van der Waals surface area (Å²) in [6.07, 6.45) is 0.757. The van der Waals surface area contributed by atoms with Crippen LogP contribution < -0.4 is 10.2 Å². The highest BCUT2D eigenvalue weighted by molar-refractivity contribution is 9.10. The minimum Gasteiger partial charge on any atom is -0.352 e. The molecule has 0 fully saturated rings. The molecule has 2 aromatic rings. The Bertz CT molecular complexity index is 867. The molecule has 0 bridgehead atoms. The highest BCUT2D eigenvalue weighted by Crippen LogP contribution is 2.31. The van der Waals surface area contributed by atoms with E-state index in [2.05, 4.69) is 21.2 Å². The van der Waals surface area contributed by atoms with E-state index in [1.165, 1.54) is 12.1 Å². The highest BCUT2D eigenvalue weighted by atomic mass is 79.9. The van der Waals surface area contributed by atoms with Gasteiger partial charge in [0.05, 0.1) is 4.92 Å². The van der Waals surface area contributed by atoms with Gasteiger partial charge in [-0.15, -0.1) is 0 Å². The van der Waals surface area contributed by atoms with Crippen LogP contribution in [0.5, 0.6) is 0 Å². The van der Waals surface area contributed by atoms with Crippen molar-refractivity contribution in [3.8, 4) is 0 Å². The van der Waals surface area contributed by atoms with Crippen molar-refractivity contribution < 1.29 is 14.5 Å². The zero-order chi connectivity index (χ0) is 18.7. The minimum absolute atomic E-state index is 0.0276. The van der Waals surface area contributed by atoms with Crippen LogP contribution in [-0.2, 0) is 11.2 Å². The zero-order valence-corrected chi connectivity index (χ0v) is 15.4. The van der Waals surface area contributed by atoms with E-state index in [1.54, 1.807) is 35.2 Å². The van der Waals surface area contributed by atoms with Gasteiger partial charge in [-0.25, -0.2) is 0 Å². The standard InChI is InChI=1S/C18H16BrN3O4/c19-14-3-1-12(2-4-14)18(24)20-9-7-17(23)21-10-8-13-11-15(22(25)26)5-6-16(13)21/h1-6,11H,7-10H2,(H,20,24). The minimum atomic E-state index is -0.442. The van der Waals surface area contributed by atoms with Crippen LogP contribution in [0, 0.1) is 10.1 Å². The second-order valence-electron chi connectivity index (χ2n) is 5.88. The van der Waals surface area contributed by atoms with Crippen LogP contribution in [0.1, 0.15) is 22.3 Å². The Morgan fingerprint density at radius 1 is 1.19 bits per heavy atom. The number of halogens is 1. The molecule has 3 rings (SSSR count). The molecular formula is C18H16BrN3O4. The number of benzene rings is 2. The number of hydrogen-bond acceptors (Lipinski definition) is 4. The molecule has 0 aromatic heterocycles. The maximum Gasteiger partial charge on any atom is 0.269 e. The second-order valence-corrected chi connectivity index (χ2v) is 6.79. The van der Waals surface area contributed by atoms with Gasteiger partial charge in [0.15, 0.2) is 0 Å². The number of nitro benzene ring substituents is 1. The van der Waals surface area contributed by atoms with Crippen molar-refractivity contribution in [2.24, 2.45) is 0 Å². The van der Waals surface area contributed by atoms with E-state index >= 15 is 0 Å². The van der Waals surface area contributed by atoms with Crippen molar-refractivity contribution in [3.63, 3.8) is 0 Å². The summed E-state index contributed by atoms with van der Waals surface area (Å²) in [5, 5.41) is 13.6. The van der Waals surface area contributed by atoms with E-state index in [0.29, 0.717) is 24.2 Å². The number of fused-ring (bicyclic) bond motifs is 1. The molecule has 134 valence electrons. The van der Waals surface area contributed by atoms with Gasteiger partial charge in [0.25, 0.3) is 11.6 Å². The third-order valence-corrected chi connectivity index (χ3v) is 4.73. The molecule has 0 saturated carbocycles. The molecule has 1 aliphatic rings. The van der Waals surface area contributed by atoms with Gasteiger partial charge >= 0.3 is 0 Å². The van der Waals surface area contributed by atoms with Crippen LogP contribution in [-0.4, -0.2) is 29.8 Å². The van der Waals surface area contributed by atoms with E-state index in [4.69, 9.17) is 0 Å². The Balaban J connectivity index is 1.56. The summed E-state index contributed by atoms with van der Waals surface area (Å²) < 4.78 is 0.886. The lowest BCUT2D eigenvalue weighted by molar-refractivity contribution is -0.384. The van der Waals surface area contributed by atoms with Crippen LogP contribution in [0.4, 0.5) is 11.4 Å². The number of carbonyl (C=O) groups is 2. The van der Waals surface area contributed by atoms with Crippen molar-refractivity contribution in [1.29, 1.82) is 0 Å². The number of nitro groups is 1. The molecule has 0 unspecified atom stereocenters. The van der Waals surface area contributed by atoms with E-state index < -0.39 is 4.92 Å². The van der Waals surface area contributed by atoms with Crippen molar-refractivity contribution >= 4 is 39.1 Å². The fourth-order valence-electron chi connectivity index (χ4n) is 2.88. The van der Waals surface area contributed by atoms with E-state index in [1.807, 2.05) is 0 Å². The Hall–Kier alpha value is -2.74. The summed E-state index contributed by atoms with van der Waals surface area (Å²) >= 11 is 3.31. The molecule has 0 spiro atoms. The molecular weight excluding hydrogens is 402 g/mol. The van der Waals surface area contributed by atoms with E-state index in [-0.39, 0.29) is 30.5 Å². The van der Waals surface area contributed by atoms with Gasteiger partial charge in [-0.1, -0.05) is 15.9 Å². The lowest BCUT2D eigenvalue weighted by Gasteiger charge is -2.17. The van der Waals surface area contributed by atoms with Crippen molar-refractivity contribution in [2.45, 2.75) is 12.8 Å². The number of hydrogen-bond donors (Lipinski definition) is 1. The number of anilines is 1. The fraction of sp³-hybridized carbons (Fsp3) is 0.222. The largest absolute Gasteiger partial charge is 0.352 e. The first-order valence-corrected chi connectivity index (χ1v) is 8.86. The highest BCUT2D eigenvalue weighted by Gasteiger charge is 2.26. The Morgan fingerprint density at radius 3 is 2.62 bits per heavy atom. The Kier molecular flexibility index (Phi) is 5.32. The molecule has 8 heteroatoms. The lowest BCUT2D eigenvalue weighted by atomic mass is 10.1. The number of nitrogens with one attached hydrogen (secondary N) is 1. The lowest BCUT2D eigenvalue weighted by Crippen LogP contribution is -2.33. The third-order valence-electron chi connectivity index (χ3n) is 4.20. The molecule has 0 saturated heterocycles. The maximum atomic E-state index is 12.4. The predicted octanol–water partition coefficient (Wildman–Crippen LogP) is 3.07. The van der Waals surface area contributed by atoms with E-state index in [9.17, 15) is 19.7 Å². The van der Waals surface area contributed by atoms with Crippen LogP contribution in [0.3, 0.4) is 0 Å². The van der Waals surface area contributed by atoms with Gasteiger partial charge in [0.1, 0.15) is 0 Å². The SMILES string of the molecule is O=C(NCCC(=O)N1CCc2cc([N+](=O)[O-])ccc21)c1ccc(Br)cc1. The van der Waals surface area contributed by atoms with Crippen LogP contribution in [0.15, 0.2) is 46.9 Å². The molecule has 7 nitrogen and oxygen atoms in total. The van der Waals surface area contributed by atoms with Gasteiger partial charge in [-0.2, -0.15) is 0 Å². The Labute approximate surface area is 158 Å². The van der Waals surface area contributed by atoms with Crippen molar-refractivity contribution in [3.05, 3.63) is 68.2 Å². The quantitative estimate of drug-likeness (QED) is 0.597. The molecule has 2 amide bonds. The Morgan fingerprint density at radius 2 is 1.92 bits per heavy atom. The van der Waals surface area contributed by atoms with Gasteiger partial charge < -0.3 is 10.2 Å². The summed E-state index contributed by atoms with van der Waals surface area (Å²) in [5.74, 6) is -0.351. The summed E-state index contributed by atoms with van der Waals surface area (Å²) in [7, 11) is 0. The van der Waals surface area contributed by atoms with Gasteiger partial charge in [0.2, 0.25) is 5.91 Å². The first-order chi connectivity index (χ1) is 12.5. The number of amides is 2. The van der Waals surface area contributed by atoms with Gasteiger partial charge in [-0.3, -0.25) is 19.7 Å². The van der Waals surface area contributed by atoms with Crippen molar-refractivity contribution in [2.75, 3.05) is 18.0 Å². The summed E-state index contributed by atoms with van der Waals surface area (Å²) in [6.45, 7) is 0.725. The number of nitrogens with zero attached hydrogens (tertiary/aromatic N) is 2. The molecule has 1 heterocycles. The zero-order valence-electron chi connectivity index (χ0n) is 13.8. The molecule has 0 radical (unpaired) electrons. The fourth-order valence-corrected chi connectivity index (χ4v) is 3.15. The second kappa shape index (κ2) is 7.65. The molecule has 2 aromatic carbocycles. The molecule has 1 N–H and O–H groups in total. The van der Waals surface area contributed by atoms with Crippen LogP contribution in [0.2, 0.25) is 0 Å². The van der Waals surface area contributed by atoms with Crippen LogP contribution in [0.25, 0.3) is 0 Å². The normalized spacial score (nSPS) is 12.6. The molecule has 0 atom stereocenters. The van der Waals surface area contributed by atoms with Gasteiger partial charge in [-0.05, 0) is 42.3 Å². The van der Waals surface area contributed by atoms with Crippen molar-refractivity contribution in [1.82, 2.24) is 5.32 Å². The third kappa shape index (κ3) is 3.91. The number of non-ortho nitro benzene ring substituents is 1. The number of rotatable bonds is 5. The molecule has 1 aliphatic heterocycles. The summed E-state index contributed by atoms with van der Waals surface area (Å²) in [6, 6.07) is 11.5. The summed E-state index contributed by atoms with van der Waals surface area (Å²) in [5.41, 5.74) is 2.06. The average molecular weight is 418 g/mol. The topological polar surface area (TPSA) is 92.6 Å². The smallest absolute Gasteiger partial charge is 0.269 e.